The fraction of sp³-hybridized carbons (Fsp3) is 0.786. The van der Waals surface area contributed by atoms with Crippen LogP contribution in [0.5, 0.6) is 0 Å². The molecule has 0 atom stereocenters. The molecule has 0 unspecified atom stereocenters. The van der Waals surface area contributed by atoms with Crippen LogP contribution in [-0.2, 0) is 9.31 Å². The van der Waals surface area contributed by atoms with Crippen molar-refractivity contribution < 1.29 is 18.4 Å². The highest BCUT2D eigenvalue weighted by molar-refractivity contribution is 8.24. The van der Waals surface area contributed by atoms with Crippen molar-refractivity contribution in [1.82, 2.24) is 9.78 Å². The Balaban J connectivity index is 1.70. The van der Waals surface area contributed by atoms with Crippen LogP contribution in [0, 0.1) is 0 Å². The highest BCUT2D eigenvalue weighted by atomic mass is 32.3. The predicted molar refractivity (Wildman–Crippen MR) is 88.8 cm³/mol. The Kier molecular flexibility index (Phi) is 3.89. The molecular weight excluding hydrogens is 303 g/mol. The molecule has 0 saturated carbocycles. The maximum atomic E-state index is 9.70. The fourth-order valence-electron chi connectivity index (χ4n) is 2.81. The SMILES string of the molecule is CC1(C)OB(c2cnn(C3CCS(O)(O)CC3)c2)OC1(C)C. The van der Waals surface area contributed by atoms with Crippen molar-refractivity contribution in [1.29, 1.82) is 0 Å². The lowest BCUT2D eigenvalue weighted by Crippen LogP contribution is -2.41. The van der Waals surface area contributed by atoms with Crippen molar-refractivity contribution >= 4 is 23.2 Å². The molecule has 2 aliphatic heterocycles. The summed E-state index contributed by atoms with van der Waals surface area (Å²) in [6.07, 6.45) is 5.23. The zero-order chi connectivity index (χ0) is 16.2. The Labute approximate surface area is 133 Å². The van der Waals surface area contributed by atoms with E-state index in [2.05, 4.69) is 5.10 Å². The van der Waals surface area contributed by atoms with Gasteiger partial charge in [0, 0.05) is 29.4 Å². The average molecular weight is 328 g/mol. The van der Waals surface area contributed by atoms with Crippen LogP contribution < -0.4 is 5.46 Å². The van der Waals surface area contributed by atoms with Gasteiger partial charge in [0.2, 0.25) is 0 Å². The first-order valence-electron chi connectivity index (χ1n) is 7.73. The van der Waals surface area contributed by atoms with E-state index in [0.717, 1.165) is 18.3 Å². The highest BCUT2D eigenvalue weighted by Gasteiger charge is 2.52. The molecule has 1 aromatic rings. The molecule has 6 nitrogen and oxygen atoms in total. The summed E-state index contributed by atoms with van der Waals surface area (Å²) in [6.45, 7) is 8.12. The number of rotatable bonds is 2. The molecule has 0 spiro atoms. The summed E-state index contributed by atoms with van der Waals surface area (Å²) < 4.78 is 33.4. The van der Waals surface area contributed by atoms with E-state index in [1.54, 1.807) is 6.20 Å². The van der Waals surface area contributed by atoms with Gasteiger partial charge in [-0.3, -0.25) is 13.8 Å². The molecular formula is C14H25BN2O4S. The summed E-state index contributed by atoms with van der Waals surface area (Å²) >= 11 is 0. The third-order valence-electron chi connectivity index (χ3n) is 5.08. The second kappa shape index (κ2) is 5.24. The lowest BCUT2D eigenvalue weighted by molar-refractivity contribution is 0.00578. The molecule has 3 heterocycles. The van der Waals surface area contributed by atoms with E-state index >= 15 is 0 Å². The van der Waals surface area contributed by atoms with Gasteiger partial charge in [0.1, 0.15) is 0 Å². The van der Waals surface area contributed by atoms with Crippen LogP contribution in [0.15, 0.2) is 12.4 Å². The molecule has 0 amide bonds. The Morgan fingerprint density at radius 1 is 1.18 bits per heavy atom. The summed E-state index contributed by atoms with van der Waals surface area (Å²) in [5.74, 6) is 0.923. The monoisotopic (exact) mass is 328 g/mol. The van der Waals surface area contributed by atoms with Crippen molar-refractivity contribution in [3.63, 3.8) is 0 Å². The van der Waals surface area contributed by atoms with Gasteiger partial charge in [-0.1, -0.05) is 0 Å². The number of hydrogen-bond acceptors (Lipinski definition) is 5. The van der Waals surface area contributed by atoms with Gasteiger partial charge in [0.05, 0.1) is 17.2 Å². The summed E-state index contributed by atoms with van der Waals surface area (Å²) in [5.41, 5.74) is 0.193. The van der Waals surface area contributed by atoms with Gasteiger partial charge in [-0.2, -0.15) is 15.7 Å². The van der Waals surface area contributed by atoms with Crippen LogP contribution in [0.2, 0.25) is 0 Å². The Hall–Kier alpha value is -0.535. The third-order valence-corrected chi connectivity index (χ3v) is 6.86. The van der Waals surface area contributed by atoms with Crippen LogP contribution in [0.3, 0.4) is 0 Å². The first-order valence-corrected chi connectivity index (χ1v) is 9.61. The second-order valence-electron chi connectivity index (χ2n) is 7.28. The van der Waals surface area contributed by atoms with Crippen molar-refractivity contribution in [2.75, 3.05) is 11.5 Å². The van der Waals surface area contributed by atoms with Crippen LogP contribution >= 0.6 is 10.6 Å². The van der Waals surface area contributed by atoms with Crippen LogP contribution in [0.25, 0.3) is 0 Å². The Bertz CT molecular complexity index is 535. The van der Waals surface area contributed by atoms with Crippen LogP contribution in [0.4, 0.5) is 0 Å². The minimum Gasteiger partial charge on any atom is -0.399 e. The van der Waals surface area contributed by atoms with Crippen molar-refractivity contribution in [2.45, 2.75) is 57.8 Å². The van der Waals surface area contributed by atoms with Gasteiger partial charge in [-0.25, -0.2) is 0 Å². The minimum atomic E-state index is -2.35. The Morgan fingerprint density at radius 3 is 2.27 bits per heavy atom. The molecule has 3 rings (SSSR count). The van der Waals surface area contributed by atoms with Crippen LogP contribution in [-0.4, -0.2) is 48.7 Å². The average Bonchev–Trinajstić information content (AvgIpc) is 2.93. The topological polar surface area (TPSA) is 76.7 Å². The smallest absolute Gasteiger partial charge is 0.399 e. The summed E-state index contributed by atoms with van der Waals surface area (Å²) in [5, 5.41) is 4.43. The maximum absolute atomic E-state index is 9.70. The van der Waals surface area contributed by atoms with Gasteiger partial charge in [-0.15, -0.1) is 0 Å². The molecule has 0 radical (unpaired) electrons. The minimum absolute atomic E-state index is 0.219. The Morgan fingerprint density at radius 2 is 1.73 bits per heavy atom. The molecule has 2 aliphatic rings. The van der Waals surface area contributed by atoms with Gasteiger partial charge in [0.15, 0.2) is 0 Å². The van der Waals surface area contributed by atoms with E-state index in [1.165, 1.54) is 0 Å². The van der Waals surface area contributed by atoms with Gasteiger partial charge < -0.3 is 9.31 Å². The van der Waals surface area contributed by atoms with Crippen LogP contribution in [0.1, 0.15) is 46.6 Å². The highest BCUT2D eigenvalue weighted by Crippen LogP contribution is 2.46. The number of nitrogens with zero attached hydrogens (tertiary/aromatic N) is 2. The summed E-state index contributed by atoms with van der Waals surface area (Å²) in [6, 6.07) is 0.219. The molecule has 8 heteroatoms. The van der Waals surface area contributed by atoms with Crippen molar-refractivity contribution in [3.8, 4) is 0 Å². The number of hydrogen-bond donors (Lipinski definition) is 2. The lowest BCUT2D eigenvalue weighted by atomic mass is 9.82. The summed E-state index contributed by atoms with van der Waals surface area (Å²) in [7, 11) is -2.75. The molecule has 0 bridgehead atoms. The largest absolute Gasteiger partial charge is 0.498 e. The molecule has 2 fully saturated rings. The molecule has 1 aromatic heterocycles. The first-order chi connectivity index (χ1) is 10.1. The lowest BCUT2D eigenvalue weighted by Gasteiger charge is -2.39. The standard InChI is InChI=1S/C14H25BN2O4S/c1-13(2)14(3,4)21-15(20-13)11-9-16-17(10-11)12-5-7-22(18,19)8-6-12/h9-10,12,18-19H,5-8H2,1-4H3. The maximum Gasteiger partial charge on any atom is 0.498 e. The molecule has 124 valence electrons. The van der Waals surface area contributed by atoms with E-state index in [0.29, 0.717) is 11.5 Å². The predicted octanol–water partition coefficient (Wildman–Crippen LogP) is 2.27. The quantitative estimate of drug-likeness (QED) is 0.815. The molecule has 2 N–H and O–H groups in total. The third kappa shape index (κ3) is 2.95. The normalized spacial score (nSPS) is 28.7. The van der Waals surface area contributed by atoms with E-state index in [1.807, 2.05) is 38.6 Å². The molecule has 2 saturated heterocycles. The molecule has 0 aliphatic carbocycles. The van der Waals surface area contributed by atoms with Crippen molar-refractivity contribution in [2.24, 2.45) is 0 Å². The molecule has 0 aromatic carbocycles. The van der Waals surface area contributed by atoms with Gasteiger partial charge in [-0.05, 0) is 40.5 Å². The number of aromatic nitrogens is 2. The molecule has 22 heavy (non-hydrogen) atoms. The van der Waals surface area contributed by atoms with E-state index in [4.69, 9.17) is 9.31 Å². The van der Waals surface area contributed by atoms with Gasteiger partial charge >= 0.3 is 7.12 Å². The zero-order valence-corrected chi connectivity index (χ0v) is 14.5. The van der Waals surface area contributed by atoms with E-state index in [9.17, 15) is 9.11 Å². The van der Waals surface area contributed by atoms with E-state index < -0.39 is 17.7 Å². The van der Waals surface area contributed by atoms with E-state index in [-0.39, 0.29) is 17.2 Å². The summed E-state index contributed by atoms with van der Waals surface area (Å²) in [4.78, 5) is 0. The first kappa shape index (κ1) is 16.3. The van der Waals surface area contributed by atoms with Gasteiger partial charge in [0.25, 0.3) is 0 Å². The zero-order valence-electron chi connectivity index (χ0n) is 13.7. The second-order valence-corrected chi connectivity index (χ2v) is 9.70. The van der Waals surface area contributed by atoms with Crippen molar-refractivity contribution in [3.05, 3.63) is 12.4 Å². The fourth-order valence-corrected chi connectivity index (χ4v) is 4.32.